The summed E-state index contributed by atoms with van der Waals surface area (Å²) >= 11 is 0. The van der Waals surface area contributed by atoms with Crippen molar-refractivity contribution in [1.29, 1.82) is 0 Å². The molecule has 0 aliphatic carbocycles. The molecule has 0 aliphatic rings. The van der Waals surface area contributed by atoms with E-state index in [1.165, 1.54) is 17.0 Å². The van der Waals surface area contributed by atoms with E-state index in [1.807, 2.05) is 30.3 Å². The van der Waals surface area contributed by atoms with Crippen molar-refractivity contribution >= 4 is 15.0 Å². The molecule has 0 radical (unpaired) electrons. The van der Waals surface area contributed by atoms with Gasteiger partial charge in [-0.3, -0.25) is 9.13 Å². The van der Waals surface area contributed by atoms with Gasteiger partial charge in [0.25, 0.3) is 0 Å². The standard InChI is InChI=1S/C15H19NO6P2/c1-23(18,19)15(17,24(20,21)22)12-16-9-7-14(8-10-16)11-13-5-3-2-4-6-13/h2-10,17H,11-12H2,1H3,(H2-,18,19,20,21,22)/p+1. The number of pyridine rings is 1. The van der Waals surface area contributed by atoms with Gasteiger partial charge in [-0.1, -0.05) is 30.3 Å². The molecule has 2 rings (SSSR count). The van der Waals surface area contributed by atoms with E-state index in [9.17, 15) is 28.9 Å². The van der Waals surface area contributed by atoms with Gasteiger partial charge < -0.3 is 19.8 Å². The molecule has 1 aromatic carbocycles. The van der Waals surface area contributed by atoms with E-state index in [0.29, 0.717) is 6.42 Å². The first-order chi connectivity index (χ1) is 11.0. The van der Waals surface area contributed by atoms with Crippen LogP contribution in [0.2, 0.25) is 0 Å². The summed E-state index contributed by atoms with van der Waals surface area (Å²) in [6, 6.07) is 13.2. The number of nitrogens with zero attached hydrogens (tertiary/aromatic N) is 1. The van der Waals surface area contributed by atoms with Crippen molar-refractivity contribution in [2.45, 2.75) is 18.0 Å². The number of aromatic nitrogens is 1. The Labute approximate surface area is 139 Å². The predicted molar refractivity (Wildman–Crippen MR) is 88.6 cm³/mol. The Morgan fingerprint density at radius 3 is 1.92 bits per heavy atom. The van der Waals surface area contributed by atoms with Crippen LogP contribution < -0.4 is 4.57 Å². The molecule has 4 N–H and O–H groups in total. The maximum atomic E-state index is 11.8. The summed E-state index contributed by atoms with van der Waals surface area (Å²) in [6.45, 7) is 0.0452. The maximum absolute atomic E-state index is 11.8. The van der Waals surface area contributed by atoms with E-state index in [2.05, 4.69) is 0 Å². The van der Waals surface area contributed by atoms with Crippen molar-refractivity contribution in [2.75, 3.05) is 6.66 Å². The quantitative estimate of drug-likeness (QED) is 0.448. The molecule has 0 bridgehead atoms. The molecule has 0 aliphatic heterocycles. The molecule has 24 heavy (non-hydrogen) atoms. The molecule has 2 atom stereocenters. The molecule has 0 fully saturated rings. The summed E-state index contributed by atoms with van der Waals surface area (Å²) in [5, 5.41) is 7.12. The lowest BCUT2D eigenvalue weighted by molar-refractivity contribution is -0.703. The minimum Gasteiger partial charge on any atom is -0.365 e. The Kier molecular flexibility index (Phi) is 5.45. The Hall–Kier alpha value is -1.33. The lowest BCUT2D eigenvalue weighted by atomic mass is 10.1. The van der Waals surface area contributed by atoms with Crippen molar-refractivity contribution in [1.82, 2.24) is 0 Å². The van der Waals surface area contributed by atoms with Crippen LogP contribution in [0.1, 0.15) is 11.1 Å². The Bertz CT molecular complexity index is 759. The van der Waals surface area contributed by atoms with E-state index in [-0.39, 0.29) is 0 Å². The predicted octanol–water partition coefficient (Wildman–Crippen LogP) is 1.29. The van der Waals surface area contributed by atoms with E-state index in [0.717, 1.165) is 17.8 Å². The molecular weight excluding hydrogens is 352 g/mol. The van der Waals surface area contributed by atoms with Crippen molar-refractivity contribution in [3.05, 3.63) is 66.0 Å². The van der Waals surface area contributed by atoms with Crippen molar-refractivity contribution in [2.24, 2.45) is 0 Å². The fraction of sp³-hybridized carbons (Fsp3) is 0.267. The van der Waals surface area contributed by atoms with Crippen LogP contribution in [-0.4, -0.2) is 31.5 Å². The first-order valence-electron chi connectivity index (χ1n) is 7.13. The highest BCUT2D eigenvalue weighted by Gasteiger charge is 2.60. The molecule has 2 aromatic rings. The van der Waals surface area contributed by atoms with Crippen molar-refractivity contribution in [3.8, 4) is 0 Å². The number of hydrogen-bond acceptors (Lipinski definition) is 3. The molecule has 0 amide bonds. The van der Waals surface area contributed by atoms with Crippen LogP contribution in [0.4, 0.5) is 0 Å². The van der Waals surface area contributed by atoms with Crippen LogP contribution in [-0.2, 0) is 22.1 Å². The van der Waals surface area contributed by atoms with Crippen LogP contribution in [0.5, 0.6) is 0 Å². The van der Waals surface area contributed by atoms with Crippen LogP contribution >= 0.6 is 15.0 Å². The van der Waals surface area contributed by atoms with E-state index in [4.69, 9.17) is 0 Å². The average molecular weight is 372 g/mol. The van der Waals surface area contributed by atoms with Gasteiger partial charge in [0, 0.05) is 18.8 Å². The first kappa shape index (κ1) is 19.0. The summed E-state index contributed by atoms with van der Waals surface area (Å²) in [7, 11) is -9.69. The molecule has 2 unspecified atom stereocenters. The van der Waals surface area contributed by atoms with Crippen LogP contribution in [0.15, 0.2) is 54.9 Å². The van der Waals surface area contributed by atoms with E-state index >= 15 is 0 Å². The van der Waals surface area contributed by atoms with Crippen molar-refractivity contribution in [3.63, 3.8) is 0 Å². The zero-order chi connectivity index (χ0) is 18.0. The van der Waals surface area contributed by atoms with Gasteiger partial charge in [0.2, 0.25) is 7.37 Å². The molecule has 7 nitrogen and oxygen atoms in total. The Balaban J connectivity index is 2.21. The summed E-state index contributed by atoms with van der Waals surface area (Å²) in [5.41, 5.74) is 2.07. The SMILES string of the molecule is CP(=O)(O)C(O)(C[n+]1ccc(Cc2ccccc2)cc1)P(=O)(O)O. The number of aliphatic hydroxyl groups is 1. The minimum absolute atomic E-state index is 0.677. The fourth-order valence-corrected chi connectivity index (χ4v) is 4.96. The van der Waals surface area contributed by atoms with Gasteiger partial charge >= 0.3 is 12.7 Å². The van der Waals surface area contributed by atoms with Gasteiger partial charge in [0.05, 0.1) is 0 Å². The summed E-state index contributed by atoms with van der Waals surface area (Å²) < 4.78 is 24.6. The average Bonchev–Trinajstić information content (AvgIpc) is 2.48. The van der Waals surface area contributed by atoms with Crippen molar-refractivity contribution < 1.29 is 33.5 Å². The normalized spacial score (nSPS) is 17.0. The fourth-order valence-electron chi connectivity index (χ4n) is 2.25. The van der Waals surface area contributed by atoms with Gasteiger partial charge in [-0.2, -0.15) is 0 Å². The largest absolute Gasteiger partial charge is 0.373 e. The molecule has 130 valence electrons. The molecule has 0 saturated carbocycles. The second-order valence-electron chi connectivity index (χ2n) is 5.74. The molecule has 9 heteroatoms. The lowest BCUT2D eigenvalue weighted by Crippen LogP contribution is -2.47. The van der Waals surface area contributed by atoms with Gasteiger partial charge in [-0.05, 0) is 17.5 Å². The monoisotopic (exact) mass is 372 g/mol. The smallest absolute Gasteiger partial charge is 0.365 e. The minimum atomic E-state index is -5.22. The van der Waals surface area contributed by atoms with Gasteiger partial charge in [-0.15, -0.1) is 0 Å². The number of rotatable bonds is 6. The second kappa shape index (κ2) is 6.89. The highest BCUT2D eigenvalue weighted by atomic mass is 31.2. The highest BCUT2D eigenvalue weighted by Crippen LogP contribution is 2.67. The van der Waals surface area contributed by atoms with E-state index in [1.54, 1.807) is 12.1 Å². The number of benzene rings is 1. The van der Waals surface area contributed by atoms with Gasteiger partial charge in [0.15, 0.2) is 18.9 Å². The second-order valence-corrected chi connectivity index (χ2v) is 10.4. The number of hydrogen-bond donors (Lipinski definition) is 4. The Morgan fingerprint density at radius 1 is 0.958 bits per heavy atom. The first-order valence-corrected chi connectivity index (χ1v) is 10.9. The lowest BCUT2D eigenvalue weighted by Gasteiger charge is -2.27. The van der Waals surface area contributed by atoms with Gasteiger partial charge in [0.1, 0.15) is 0 Å². The molecule has 0 saturated heterocycles. The summed E-state index contributed by atoms with van der Waals surface area (Å²) in [6.07, 6.45) is 3.69. The summed E-state index contributed by atoms with van der Waals surface area (Å²) in [5.74, 6) is 0. The summed E-state index contributed by atoms with van der Waals surface area (Å²) in [4.78, 5) is 28.2. The topological polar surface area (TPSA) is 119 Å². The third kappa shape index (κ3) is 4.19. The molecule has 0 spiro atoms. The van der Waals surface area contributed by atoms with Crippen LogP contribution in [0, 0.1) is 0 Å². The Morgan fingerprint density at radius 2 is 1.46 bits per heavy atom. The third-order valence-electron chi connectivity index (χ3n) is 3.74. The zero-order valence-corrected chi connectivity index (χ0v) is 14.8. The van der Waals surface area contributed by atoms with Crippen LogP contribution in [0.3, 0.4) is 0 Å². The van der Waals surface area contributed by atoms with E-state index < -0.39 is 26.6 Å². The molecule has 1 heterocycles. The zero-order valence-electron chi connectivity index (χ0n) is 13.1. The molecule has 1 aromatic heterocycles. The molecular formula is C15H20NO6P2+. The maximum Gasteiger partial charge on any atom is 0.373 e. The van der Waals surface area contributed by atoms with Gasteiger partial charge in [-0.25, -0.2) is 4.57 Å². The third-order valence-corrected chi connectivity index (χ3v) is 8.18. The van der Waals surface area contributed by atoms with Crippen LogP contribution in [0.25, 0.3) is 0 Å². The highest BCUT2D eigenvalue weighted by molar-refractivity contribution is 7.74.